The van der Waals surface area contributed by atoms with Crippen LogP contribution >= 0.6 is 11.6 Å². The van der Waals surface area contributed by atoms with Gasteiger partial charge >= 0.3 is 5.97 Å². The molecule has 2 aromatic carbocycles. The Morgan fingerprint density at radius 2 is 1.43 bits per heavy atom. The fourth-order valence-corrected chi connectivity index (χ4v) is 2.29. The van der Waals surface area contributed by atoms with Crippen molar-refractivity contribution in [1.29, 1.82) is 0 Å². The molecule has 1 heterocycles. The number of esters is 1. The number of halogens is 1. The van der Waals surface area contributed by atoms with Crippen LogP contribution in [0.5, 0.6) is 0 Å². The number of ether oxygens (including phenoxy) is 1. The predicted molar refractivity (Wildman–Crippen MR) is 78.0 cm³/mol. The Bertz CT molecular complexity index is 717. The van der Waals surface area contributed by atoms with Gasteiger partial charge in [-0.05, 0) is 23.3 Å². The van der Waals surface area contributed by atoms with E-state index >= 15 is 0 Å². The number of carbonyl (C=O) groups is 1. The lowest BCUT2D eigenvalue weighted by molar-refractivity contribution is -0.142. The monoisotopic (exact) mass is 302 g/mol. The van der Waals surface area contributed by atoms with Crippen molar-refractivity contribution in [3.63, 3.8) is 0 Å². The molecule has 21 heavy (non-hydrogen) atoms. The van der Waals surface area contributed by atoms with Crippen molar-refractivity contribution in [3.05, 3.63) is 70.6 Å². The highest BCUT2D eigenvalue weighted by atomic mass is 35.5. The van der Waals surface area contributed by atoms with Gasteiger partial charge in [0, 0.05) is 10.6 Å². The minimum atomic E-state index is -0.947. The van der Waals surface area contributed by atoms with Crippen LogP contribution in [-0.4, -0.2) is 16.2 Å². The van der Waals surface area contributed by atoms with E-state index in [-0.39, 0.29) is 0 Å². The van der Waals surface area contributed by atoms with Crippen LogP contribution in [0.15, 0.2) is 60.0 Å². The van der Waals surface area contributed by atoms with Crippen LogP contribution in [0.25, 0.3) is 11.1 Å². The standard InChI is InChI=1S/C16H11ClO4/c17-12-7-5-10(6-8-12)9-1-3-11(4-2-9)15-13(18)14(19)16(20)21-15/h1-8,15,18-19H. The van der Waals surface area contributed by atoms with Gasteiger partial charge in [-0.15, -0.1) is 0 Å². The van der Waals surface area contributed by atoms with Crippen LogP contribution < -0.4 is 0 Å². The summed E-state index contributed by atoms with van der Waals surface area (Å²) >= 11 is 5.85. The lowest BCUT2D eigenvalue weighted by atomic mass is 10.0. The first kappa shape index (κ1) is 13.5. The van der Waals surface area contributed by atoms with Gasteiger partial charge in [0.15, 0.2) is 11.9 Å². The van der Waals surface area contributed by atoms with Gasteiger partial charge in [-0.25, -0.2) is 4.79 Å². The van der Waals surface area contributed by atoms with Crippen molar-refractivity contribution in [2.24, 2.45) is 0 Å². The van der Waals surface area contributed by atoms with E-state index < -0.39 is 23.6 Å². The molecule has 0 aliphatic carbocycles. The van der Waals surface area contributed by atoms with Gasteiger partial charge in [-0.2, -0.15) is 0 Å². The molecule has 0 fully saturated rings. The summed E-state index contributed by atoms with van der Waals surface area (Å²) in [5.41, 5.74) is 2.55. The Kier molecular flexibility index (Phi) is 3.31. The SMILES string of the molecule is O=C1OC(c2ccc(-c3ccc(Cl)cc3)cc2)C(O)=C1O. The highest BCUT2D eigenvalue weighted by Gasteiger charge is 2.35. The molecule has 0 saturated heterocycles. The largest absolute Gasteiger partial charge is 0.505 e. The zero-order chi connectivity index (χ0) is 15.0. The number of rotatable bonds is 2. The first-order valence-corrected chi connectivity index (χ1v) is 6.63. The summed E-state index contributed by atoms with van der Waals surface area (Å²) in [6.07, 6.45) is -0.947. The molecule has 0 radical (unpaired) electrons. The number of hydrogen-bond donors (Lipinski definition) is 2. The quantitative estimate of drug-likeness (QED) is 0.825. The van der Waals surface area contributed by atoms with Crippen LogP contribution in [0.4, 0.5) is 0 Å². The summed E-state index contributed by atoms with van der Waals surface area (Å²) in [5, 5.41) is 19.6. The molecule has 5 heteroatoms. The molecule has 1 aliphatic rings. The number of benzene rings is 2. The first-order valence-electron chi connectivity index (χ1n) is 6.25. The molecule has 106 valence electrons. The summed E-state index contributed by atoms with van der Waals surface area (Å²) in [4.78, 5) is 11.2. The van der Waals surface area contributed by atoms with E-state index in [1.807, 2.05) is 24.3 Å². The third-order valence-corrected chi connectivity index (χ3v) is 3.55. The molecule has 0 saturated carbocycles. The third-order valence-electron chi connectivity index (χ3n) is 3.30. The van der Waals surface area contributed by atoms with Gasteiger partial charge in [0.2, 0.25) is 5.76 Å². The second kappa shape index (κ2) is 5.14. The number of aliphatic hydroxyl groups excluding tert-OH is 2. The number of cyclic esters (lactones) is 1. The zero-order valence-corrected chi connectivity index (χ0v) is 11.5. The molecule has 0 spiro atoms. The highest BCUT2D eigenvalue weighted by molar-refractivity contribution is 6.30. The van der Waals surface area contributed by atoms with E-state index in [4.69, 9.17) is 16.3 Å². The van der Waals surface area contributed by atoms with E-state index in [0.717, 1.165) is 11.1 Å². The average molecular weight is 303 g/mol. The maximum atomic E-state index is 11.2. The fourth-order valence-electron chi connectivity index (χ4n) is 2.17. The highest BCUT2D eigenvalue weighted by Crippen LogP contribution is 2.33. The number of carbonyl (C=O) groups excluding carboxylic acids is 1. The number of hydrogen-bond acceptors (Lipinski definition) is 4. The molecule has 4 nitrogen and oxygen atoms in total. The molecule has 0 bridgehead atoms. The molecule has 0 aromatic heterocycles. The van der Waals surface area contributed by atoms with E-state index in [9.17, 15) is 15.0 Å². The maximum absolute atomic E-state index is 11.2. The summed E-state index contributed by atoms with van der Waals surface area (Å²) in [7, 11) is 0. The van der Waals surface area contributed by atoms with Crippen molar-refractivity contribution in [2.45, 2.75) is 6.10 Å². The van der Waals surface area contributed by atoms with Crippen LogP contribution in [0.2, 0.25) is 5.02 Å². The third kappa shape index (κ3) is 2.45. The van der Waals surface area contributed by atoms with Gasteiger partial charge in [0.1, 0.15) is 0 Å². The Morgan fingerprint density at radius 1 is 0.905 bits per heavy atom. The van der Waals surface area contributed by atoms with Crippen LogP contribution in [0.1, 0.15) is 11.7 Å². The van der Waals surface area contributed by atoms with Crippen LogP contribution in [-0.2, 0) is 9.53 Å². The van der Waals surface area contributed by atoms with Gasteiger partial charge in [-0.1, -0.05) is 48.0 Å². The lowest BCUT2D eigenvalue weighted by Gasteiger charge is -2.11. The zero-order valence-electron chi connectivity index (χ0n) is 10.8. The second-order valence-corrected chi connectivity index (χ2v) is 5.08. The van der Waals surface area contributed by atoms with Gasteiger partial charge in [0.25, 0.3) is 0 Å². The molecule has 3 rings (SSSR count). The molecule has 2 aromatic rings. The van der Waals surface area contributed by atoms with Crippen molar-refractivity contribution < 1.29 is 19.7 Å². The molecule has 0 amide bonds. The van der Waals surface area contributed by atoms with Crippen molar-refractivity contribution in [3.8, 4) is 11.1 Å². The van der Waals surface area contributed by atoms with E-state index in [1.165, 1.54) is 0 Å². The smallest absolute Gasteiger partial charge is 0.378 e. The molecular weight excluding hydrogens is 292 g/mol. The molecule has 2 N–H and O–H groups in total. The minimum absolute atomic E-state index is 0.459. The van der Waals surface area contributed by atoms with Crippen LogP contribution in [0.3, 0.4) is 0 Å². The number of aliphatic hydroxyl groups is 2. The molecule has 1 atom stereocenters. The maximum Gasteiger partial charge on any atom is 0.378 e. The Balaban J connectivity index is 1.88. The topological polar surface area (TPSA) is 66.8 Å². The average Bonchev–Trinajstić information content (AvgIpc) is 2.76. The summed E-state index contributed by atoms with van der Waals surface area (Å²) in [6, 6.07) is 14.6. The molecule has 1 aliphatic heterocycles. The first-order chi connectivity index (χ1) is 10.1. The fraction of sp³-hybridized carbons (Fsp3) is 0.0625. The second-order valence-electron chi connectivity index (χ2n) is 4.65. The van der Waals surface area contributed by atoms with Gasteiger partial charge in [-0.3, -0.25) is 0 Å². The van der Waals surface area contributed by atoms with Gasteiger partial charge in [0.05, 0.1) is 0 Å². The van der Waals surface area contributed by atoms with Crippen LogP contribution in [0, 0.1) is 0 Å². The van der Waals surface area contributed by atoms with Crippen molar-refractivity contribution >= 4 is 17.6 Å². The van der Waals surface area contributed by atoms with Gasteiger partial charge < -0.3 is 14.9 Å². The Labute approximate surface area is 125 Å². The van der Waals surface area contributed by atoms with E-state index in [1.54, 1.807) is 24.3 Å². The molecular formula is C16H11ClO4. The Hall–Kier alpha value is -2.46. The van der Waals surface area contributed by atoms with Crippen molar-refractivity contribution in [1.82, 2.24) is 0 Å². The Morgan fingerprint density at radius 3 is 1.90 bits per heavy atom. The lowest BCUT2D eigenvalue weighted by Crippen LogP contribution is -2.03. The minimum Gasteiger partial charge on any atom is -0.505 e. The molecule has 1 unspecified atom stereocenters. The summed E-state index contributed by atoms with van der Waals surface area (Å²) < 4.78 is 4.90. The van der Waals surface area contributed by atoms with Crippen molar-refractivity contribution in [2.75, 3.05) is 0 Å². The van der Waals surface area contributed by atoms with E-state index in [2.05, 4.69) is 0 Å². The summed E-state index contributed by atoms with van der Waals surface area (Å²) in [5.74, 6) is -2.11. The van der Waals surface area contributed by atoms with E-state index in [0.29, 0.717) is 10.6 Å². The predicted octanol–water partition coefficient (Wildman–Crippen LogP) is 3.93. The summed E-state index contributed by atoms with van der Waals surface area (Å²) in [6.45, 7) is 0. The normalized spacial score (nSPS) is 18.0.